The molecule has 0 spiro atoms. The van der Waals surface area contributed by atoms with Gasteiger partial charge in [0, 0.05) is 35.3 Å². The summed E-state index contributed by atoms with van der Waals surface area (Å²) in [7, 11) is -4.33. The molecule has 3 aromatic rings. The number of pyridine rings is 1. The van der Waals surface area contributed by atoms with Crippen molar-refractivity contribution in [1.29, 1.82) is 0 Å². The van der Waals surface area contributed by atoms with Crippen LogP contribution in [0.5, 0.6) is 0 Å². The zero-order valence-corrected chi connectivity index (χ0v) is 17.7. The Hall–Kier alpha value is -3.31. The van der Waals surface area contributed by atoms with E-state index < -0.39 is 32.7 Å². The summed E-state index contributed by atoms with van der Waals surface area (Å²) in [6.45, 7) is 0.261. The van der Waals surface area contributed by atoms with Crippen LogP contribution in [-0.4, -0.2) is 19.4 Å². The molecule has 1 aromatic heterocycles. The summed E-state index contributed by atoms with van der Waals surface area (Å²) in [6, 6.07) is 10.7. The first kappa shape index (κ1) is 23.4. The highest BCUT2D eigenvalue weighted by atomic mass is 35.5. The summed E-state index contributed by atoms with van der Waals surface area (Å²) in [4.78, 5) is 15.3. The Morgan fingerprint density at radius 2 is 1.72 bits per heavy atom. The Bertz CT molecular complexity index is 1210. The maximum absolute atomic E-state index is 12.9. The van der Waals surface area contributed by atoms with Gasteiger partial charge in [-0.1, -0.05) is 17.7 Å². The number of alkyl halides is 3. The molecule has 168 valence electrons. The lowest BCUT2D eigenvalue weighted by Crippen LogP contribution is -2.28. The van der Waals surface area contributed by atoms with Crippen molar-refractivity contribution in [2.24, 2.45) is 0 Å². The predicted molar refractivity (Wildman–Crippen MR) is 114 cm³/mol. The molecule has 3 rings (SSSR count). The van der Waals surface area contributed by atoms with Gasteiger partial charge < -0.3 is 10.6 Å². The normalized spacial score (nSPS) is 11.6. The molecule has 0 fully saturated rings. The largest absolute Gasteiger partial charge is 0.416 e. The van der Waals surface area contributed by atoms with Gasteiger partial charge in [-0.2, -0.15) is 13.2 Å². The fourth-order valence-electron chi connectivity index (χ4n) is 2.58. The standard InChI is InChI=1S/C20H16ClF3N4O3S/c21-15-8-14(20(22,23)24)9-18(10-15)32(30,31)28-17-5-3-16(4-6-17)27-19(29)26-12-13-2-1-7-25-11-13/h1-11,28H,12H2,(H2,26,27,29). The highest BCUT2D eigenvalue weighted by Crippen LogP contribution is 2.33. The average molecular weight is 485 g/mol. The molecule has 3 N–H and O–H groups in total. The number of carbonyl (C=O) groups excluding carboxylic acids is 1. The Kier molecular flexibility index (Phi) is 6.90. The van der Waals surface area contributed by atoms with Crippen LogP contribution >= 0.6 is 11.6 Å². The molecule has 0 aliphatic carbocycles. The van der Waals surface area contributed by atoms with E-state index in [1.807, 2.05) is 0 Å². The van der Waals surface area contributed by atoms with Crippen molar-refractivity contribution in [2.45, 2.75) is 17.6 Å². The Labute approximate surface area is 186 Å². The van der Waals surface area contributed by atoms with Gasteiger partial charge in [-0.15, -0.1) is 0 Å². The molecule has 1 heterocycles. The number of hydrogen-bond acceptors (Lipinski definition) is 4. The second kappa shape index (κ2) is 9.45. The van der Waals surface area contributed by atoms with Gasteiger partial charge in [0.1, 0.15) is 0 Å². The summed E-state index contributed by atoms with van der Waals surface area (Å²) in [5.74, 6) is 0. The van der Waals surface area contributed by atoms with Crippen molar-refractivity contribution in [3.8, 4) is 0 Å². The number of amides is 2. The zero-order chi connectivity index (χ0) is 23.4. The van der Waals surface area contributed by atoms with Crippen molar-refractivity contribution in [1.82, 2.24) is 10.3 Å². The molecule has 0 unspecified atom stereocenters. The van der Waals surface area contributed by atoms with Gasteiger partial charge >= 0.3 is 12.2 Å². The molecular formula is C20H16ClF3N4O3S. The van der Waals surface area contributed by atoms with E-state index in [-0.39, 0.29) is 17.3 Å². The van der Waals surface area contributed by atoms with Crippen molar-refractivity contribution < 1.29 is 26.4 Å². The van der Waals surface area contributed by atoms with Gasteiger partial charge in [-0.3, -0.25) is 9.71 Å². The molecule has 2 amide bonds. The maximum Gasteiger partial charge on any atom is 0.416 e. The summed E-state index contributed by atoms with van der Waals surface area (Å²) in [5.41, 5.74) is 0.0860. The second-order valence-electron chi connectivity index (χ2n) is 6.53. The van der Waals surface area contributed by atoms with Gasteiger partial charge in [0.25, 0.3) is 10.0 Å². The molecule has 32 heavy (non-hydrogen) atoms. The van der Waals surface area contributed by atoms with Crippen LogP contribution in [-0.2, 0) is 22.7 Å². The number of benzene rings is 2. The minimum absolute atomic E-state index is 0.0832. The van der Waals surface area contributed by atoms with Gasteiger partial charge in [0.15, 0.2) is 0 Å². The molecule has 0 aliphatic rings. The average Bonchev–Trinajstić information content (AvgIpc) is 2.73. The lowest BCUT2D eigenvalue weighted by molar-refractivity contribution is -0.137. The molecule has 0 bridgehead atoms. The smallest absolute Gasteiger partial charge is 0.334 e. The van der Waals surface area contributed by atoms with Gasteiger partial charge in [-0.25, -0.2) is 13.2 Å². The third-order valence-corrected chi connectivity index (χ3v) is 5.66. The third-order valence-electron chi connectivity index (χ3n) is 4.08. The van der Waals surface area contributed by atoms with E-state index in [0.717, 1.165) is 11.6 Å². The number of hydrogen-bond donors (Lipinski definition) is 3. The van der Waals surface area contributed by atoms with Crippen LogP contribution in [0.3, 0.4) is 0 Å². The lowest BCUT2D eigenvalue weighted by atomic mass is 10.2. The molecule has 0 saturated carbocycles. The minimum Gasteiger partial charge on any atom is -0.334 e. The number of carbonyl (C=O) groups is 1. The number of anilines is 2. The molecule has 0 radical (unpaired) electrons. The maximum atomic E-state index is 12.9. The van der Waals surface area contributed by atoms with Gasteiger partial charge in [0.05, 0.1) is 10.5 Å². The van der Waals surface area contributed by atoms with Gasteiger partial charge in [-0.05, 0) is 54.1 Å². The quantitative estimate of drug-likeness (QED) is 0.464. The van der Waals surface area contributed by atoms with E-state index in [1.54, 1.807) is 24.5 Å². The van der Waals surface area contributed by atoms with Crippen LogP contribution < -0.4 is 15.4 Å². The zero-order valence-electron chi connectivity index (χ0n) is 16.2. The second-order valence-corrected chi connectivity index (χ2v) is 8.64. The highest BCUT2D eigenvalue weighted by molar-refractivity contribution is 7.92. The van der Waals surface area contributed by atoms with E-state index in [4.69, 9.17) is 11.6 Å². The summed E-state index contributed by atoms with van der Waals surface area (Å²) in [5, 5.41) is 4.85. The monoisotopic (exact) mass is 484 g/mol. The lowest BCUT2D eigenvalue weighted by Gasteiger charge is -2.12. The minimum atomic E-state index is -4.75. The van der Waals surface area contributed by atoms with Crippen LogP contribution in [0.1, 0.15) is 11.1 Å². The molecule has 0 aliphatic heterocycles. The van der Waals surface area contributed by atoms with Crippen molar-refractivity contribution in [2.75, 3.05) is 10.0 Å². The van der Waals surface area contributed by atoms with Crippen LogP contribution in [0.2, 0.25) is 5.02 Å². The van der Waals surface area contributed by atoms with E-state index in [9.17, 15) is 26.4 Å². The molecule has 0 saturated heterocycles. The highest BCUT2D eigenvalue weighted by Gasteiger charge is 2.32. The molecule has 12 heteroatoms. The number of sulfonamides is 1. The van der Waals surface area contributed by atoms with Crippen molar-refractivity contribution in [3.05, 3.63) is 83.1 Å². The first-order chi connectivity index (χ1) is 15.0. The fourth-order valence-corrected chi connectivity index (χ4v) is 4.01. The first-order valence-corrected chi connectivity index (χ1v) is 10.8. The van der Waals surface area contributed by atoms with Crippen molar-refractivity contribution >= 4 is 39.0 Å². The van der Waals surface area contributed by atoms with Gasteiger partial charge in [0.2, 0.25) is 0 Å². The Morgan fingerprint density at radius 1 is 1.03 bits per heavy atom. The van der Waals surface area contributed by atoms with Crippen LogP contribution in [0.15, 0.2) is 71.9 Å². The fraction of sp³-hybridized carbons (Fsp3) is 0.100. The van der Waals surface area contributed by atoms with E-state index in [2.05, 4.69) is 20.3 Å². The van der Waals surface area contributed by atoms with E-state index >= 15 is 0 Å². The summed E-state index contributed by atoms with van der Waals surface area (Å²) >= 11 is 5.66. The first-order valence-electron chi connectivity index (χ1n) is 8.97. The molecular weight excluding hydrogens is 469 g/mol. The number of nitrogens with one attached hydrogen (secondary N) is 3. The van der Waals surface area contributed by atoms with E-state index in [1.165, 1.54) is 24.3 Å². The number of nitrogens with zero attached hydrogens (tertiary/aromatic N) is 1. The number of urea groups is 1. The molecule has 7 nitrogen and oxygen atoms in total. The summed E-state index contributed by atoms with van der Waals surface area (Å²) in [6.07, 6.45) is -1.53. The third kappa shape index (κ3) is 6.34. The van der Waals surface area contributed by atoms with Crippen LogP contribution in [0.4, 0.5) is 29.3 Å². The van der Waals surface area contributed by atoms with Crippen LogP contribution in [0, 0.1) is 0 Å². The van der Waals surface area contributed by atoms with Crippen molar-refractivity contribution in [3.63, 3.8) is 0 Å². The summed E-state index contributed by atoms with van der Waals surface area (Å²) < 4.78 is 66.0. The number of rotatable bonds is 6. The number of aromatic nitrogens is 1. The molecule has 0 atom stereocenters. The Balaban J connectivity index is 1.65. The topological polar surface area (TPSA) is 100 Å². The van der Waals surface area contributed by atoms with E-state index in [0.29, 0.717) is 17.8 Å². The van der Waals surface area contributed by atoms with Crippen LogP contribution in [0.25, 0.3) is 0 Å². The Morgan fingerprint density at radius 3 is 2.34 bits per heavy atom. The predicted octanol–water partition coefficient (Wildman–Crippen LogP) is 4.88. The molecule has 2 aromatic carbocycles. The SMILES string of the molecule is O=C(NCc1cccnc1)Nc1ccc(NS(=O)(=O)c2cc(Cl)cc(C(F)(F)F)c2)cc1. The number of halogens is 4.